The third-order valence-electron chi connectivity index (χ3n) is 3.36. The number of aliphatic imine (C=N–C) groups is 1. The first kappa shape index (κ1) is 18.9. The zero-order valence-electron chi connectivity index (χ0n) is 13.4. The fourth-order valence-electron chi connectivity index (χ4n) is 2.30. The quantitative estimate of drug-likeness (QED) is 0.527. The summed E-state index contributed by atoms with van der Waals surface area (Å²) >= 11 is 0. The van der Waals surface area contributed by atoms with Gasteiger partial charge in [-0.25, -0.2) is 0 Å². The average Bonchev–Trinajstić information content (AvgIpc) is 2.53. The molecule has 0 aliphatic carbocycles. The third kappa shape index (κ3) is 5.90. The van der Waals surface area contributed by atoms with Gasteiger partial charge in [0, 0.05) is 19.6 Å². The molecule has 0 radical (unpaired) electrons. The molecule has 1 aliphatic heterocycles. The zero-order valence-corrected chi connectivity index (χ0v) is 15.7. The van der Waals surface area contributed by atoms with Gasteiger partial charge in [0.1, 0.15) is 0 Å². The van der Waals surface area contributed by atoms with Crippen molar-refractivity contribution in [1.29, 1.82) is 0 Å². The molecule has 2 rings (SSSR count). The first-order valence-electron chi connectivity index (χ1n) is 7.65. The monoisotopic (exact) mass is 419 g/mol. The normalized spacial score (nSPS) is 13.5. The number of nitrogens with zero attached hydrogens (tertiary/aromatic N) is 1. The van der Waals surface area contributed by atoms with Crippen molar-refractivity contribution in [2.24, 2.45) is 4.99 Å². The highest BCUT2D eigenvalue weighted by Crippen LogP contribution is 2.28. The van der Waals surface area contributed by atoms with Crippen LogP contribution < -0.4 is 20.1 Å². The van der Waals surface area contributed by atoms with Crippen LogP contribution in [0.15, 0.2) is 23.2 Å². The van der Waals surface area contributed by atoms with Gasteiger partial charge in [0.2, 0.25) is 0 Å². The van der Waals surface area contributed by atoms with Crippen LogP contribution in [0.1, 0.15) is 25.3 Å². The van der Waals surface area contributed by atoms with Gasteiger partial charge in [0.25, 0.3) is 0 Å². The van der Waals surface area contributed by atoms with E-state index in [1.807, 2.05) is 13.0 Å². The van der Waals surface area contributed by atoms with Crippen LogP contribution in [0.4, 0.5) is 0 Å². The lowest BCUT2D eigenvalue weighted by molar-refractivity contribution is 0.310. The Labute approximate surface area is 149 Å². The summed E-state index contributed by atoms with van der Waals surface area (Å²) in [6.45, 7) is 5.48. The summed E-state index contributed by atoms with van der Waals surface area (Å²) in [5, 5.41) is 6.60. The molecule has 0 saturated heterocycles. The van der Waals surface area contributed by atoms with E-state index in [1.54, 1.807) is 7.11 Å². The molecule has 0 fully saturated rings. The lowest BCUT2D eigenvalue weighted by Crippen LogP contribution is -2.41. The van der Waals surface area contributed by atoms with E-state index in [9.17, 15) is 0 Å². The Hall–Kier alpha value is -1.18. The number of hydrogen-bond acceptors (Lipinski definition) is 5. The predicted octanol–water partition coefficient (Wildman–Crippen LogP) is 2.58. The summed E-state index contributed by atoms with van der Waals surface area (Å²) in [6, 6.07) is 6.14. The second-order valence-electron chi connectivity index (χ2n) is 4.96. The summed E-state index contributed by atoms with van der Waals surface area (Å²) in [4.78, 5) is 4.39. The van der Waals surface area contributed by atoms with Crippen LogP contribution in [0.3, 0.4) is 0 Å². The van der Waals surface area contributed by atoms with Gasteiger partial charge >= 0.3 is 0 Å². The highest BCUT2D eigenvalue weighted by molar-refractivity contribution is 14.0. The van der Waals surface area contributed by atoms with Gasteiger partial charge in [0.05, 0.1) is 13.7 Å². The van der Waals surface area contributed by atoms with Crippen LogP contribution in [-0.2, 0) is 6.42 Å². The summed E-state index contributed by atoms with van der Waals surface area (Å²) in [5.74, 6) is 2.55. The Morgan fingerprint density at radius 2 is 2.18 bits per heavy atom. The molecule has 1 aliphatic rings. The van der Waals surface area contributed by atoms with Crippen molar-refractivity contribution in [2.75, 3.05) is 33.4 Å². The van der Waals surface area contributed by atoms with Crippen LogP contribution >= 0.6 is 24.0 Å². The number of ether oxygens (including phenoxy) is 2. The van der Waals surface area contributed by atoms with E-state index >= 15 is 0 Å². The second kappa shape index (κ2) is 10.5. The van der Waals surface area contributed by atoms with Gasteiger partial charge < -0.3 is 20.1 Å². The van der Waals surface area contributed by atoms with E-state index in [0.29, 0.717) is 6.61 Å². The number of rotatable bonds is 7. The van der Waals surface area contributed by atoms with Gasteiger partial charge in [-0.15, -0.1) is 24.0 Å². The van der Waals surface area contributed by atoms with Crippen LogP contribution in [0, 0.1) is 0 Å². The second-order valence-corrected chi connectivity index (χ2v) is 4.96. The summed E-state index contributed by atoms with van der Waals surface area (Å²) in [5.41, 5.74) is 1.26. The minimum Gasteiger partial charge on any atom is -0.493 e. The predicted molar refractivity (Wildman–Crippen MR) is 101 cm³/mol. The molecule has 0 atom stereocenters. The van der Waals surface area contributed by atoms with Crippen LogP contribution in [0.2, 0.25) is 0 Å². The van der Waals surface area contributed by atoms with E-state index in [1.165, 1.54) is 5.56 Å². The van der Waals surface area contributed by atoms with Crippen molar-refractivity contribution in [1.82, 2.24) is 10.6 Å². The van der Waals surface area contributed by atoms with Crippen LogP contribution in [-0.4, -0.2) is 39.3 Å². The molecular weight excluding hydrogens is 393 g/mol. The molecular formula is C16H26IN3O2. The topological polar surface area (TPSA) is 54.9 Å². The fourth-order valence-corrected chi connectivity index (χ4v) is 2.30. The molecule has 2 N–H and O–H groups in total. The maximum Gasteiger partial charge on any atom is 0.191 e. The highest BCUT2D eigenvalue weighted by atomic mass is 127. The van der Waals surface area contributed by atoms with E-state index < -0.39 is 0 Å². The molecule has 0 spiro atoms. The van der Waals surface area contributed by atoms with Crippen LogP contribution in [0.5, 0.6) is 11.5 Å². The average molecular weight is 419 g/mol. The molecule has 0 aromatic heterocycles. The Morgan fingerprint density at radius 1 is 1.32 bits per heavy atom. The first-order chi connectivity index (χ1) is 10.3. The lowest BCUT2D eigenvalue weighted by Gasteiger charge is -2.16. The van der Waals surface area contributed by atoms with Gasteiger partial charge in [-0.1, -0.05) is 6.07 Å². The van der Waals surface area contributed by atoms with E-state index in [2.05, 4.69) is 27.8 Å². The maximum absolute atomic E-state index is 5.60. The van der Waals surface area contributed by atoms with Gasteiger partial charge in [-0.2, -0.15) is 0 Å². The lowest BCUT2D eigenvalue weighted by atomic mass is 10.1. The molecule has 0 amide bonds. The fraction of sp³-hybridized carbons (Fsp3) is 0.562. The number of halogens is 1. The Balaban J connectivity index is 0.00000242. The van der Waals surface area contributed by atoms with Crippen molar-refractivity contribution in [3.63, 3.8) is 0 Å². The molecule has 6 heteroatoms. The largest absolute Gasteiger partial charge is 0.493 e. The van der Waals surface area contributed by atoms with Crippen molar-refractivity contribution >= 4 is 29.9 Å². The molecule has 1 aromatic rings. The molecule has 1 heterocycles. The number of nitrogens with one attached hydrogen (secondary N) is 2. The molecule has 5 nitrogen and oxygen atoms in total. The number of guanidine groups is 1. The van der Waals surface area contributed by atoms with Crippen molar-refractivity contribution in [3.8, 4) is 11.5 Å². The minimum absolute atomic E-state index is 0. The third-order valence-corrected chi connectivity index (χ3v) is 3.36. The molecule has 0 bridgehead atoms. The number of aryl methyl sites for hydroxylation is 1. The Morgan fingerprint density at radius 3 is 2.86 bits per heavy atom. The molecule has 124 valence electrons. The van der Waals surface area contributed by atoms with Gasteiger partial charge in [-0.05, 0) is 43.9 Å². The molecule has 1 aromatic carbocycles. The van der Waals surface area contributed by atoms with Gasteiger partial charge in [-0.3, -0.25) is 4.99 Å². The number of methoxy groups -OCH3 is 1. The highest BCUT2D eigenvalue weighted by Gasteiger charge is 2.06. The summed E-state index contributed by atoms with van der Waals surface area (Å²) in [7, 11) is 1.67. The maximum atomic E-state index is 5.60. The SMILES string of the molecule is CCOc1cc(CCCNC2=NCCCN2)ccc1OC.I. The Bertz CT molecular complexity index is 480. The van der Waals surface area contributed by atoms with Gasteiger partial charge in [0.15, 0.2) is 17.5 Å². The molecule has 22 heavy (non-hydrogen) atoms. The minimum atomic E-state index is 0. The smallest absolute Gasteiger partial charge is 0.191 e. The summed E-state index contributed by atoms with van der Waals surface area (Å²) in [6.07, 6.45) is 3.18. The van der Waals surface area contributed by atoms with Crippen LogP contribution in [0.25, 0.3) is 0 Å². The van der Waals surface area contributed by atoms with Crippen molar-refractivity contribution < 1.29 is 9.47 Å². The van der Waals surface area contributed by atoms with Crippen molar-refractivity contribution in [2.45, 2.75) is 26.2 Å². The zero-order chi connectivity index (χ0) is 14.9. The van der Waals surface area contributed by atoms with E-state index in [-0.39, 0.29) is 24.0 Å². The standard InChI is InChI=1S/C16H25N3O2.HI/c1-3-21-15-12-13(7-8-14(15)20-2)6-4-9-17-16-18-10-5-11-19-16;/h7-8,12H,3-6,9-11H2,1-2H3,(H2,17,18,19);1H. The molecule has 0 saturated carbocycles. The summed E-state index contributed by atoms with van der Waals surface area (Å²) < 4.78 is 10.9. The first-order valence-corrected chi connectivity index (χ1v) is 7.65. The number of benzene rings is 1. The number of hydrogen-bond donors (Lipinski definition) is 2. The van der Waals surface area contributed by atoms with E-state index in [4.69, 9.17) is 9.47 Å². The van der Waals surface area contributed by atoms with Crippen molar-refractivity contribution in [3.05, 3.63) is 23.8 Å². The molecule has 0 unspecified atom stereocenters. The Kier molecular flexibility index (Phi) is 9.03. The van der Waals surface area contributed by atoms with E-state index in [0.717, 1.165) is 56.4 Å².